The molecule has 2 nitrogen and oxygen atoms in total. The first kappa shape index (κ1) is 9.71. The van der Waals surface area contributed by atoms with Gasteiger partial charge in [-0.25, -0.2) is 4.52 Å². The number of benzene rings is 1. The van der Waals surface area contributed by atoms with Gasteiger partial charge in [-0.05, 0) is 24.3 Å². The SMILES string of the molecule is CC.c1ccc2c(c1)cc1cccnn12. The van der Waals surface area contributed by atoms with Crippen LogP contribution in [0.25, 0.3) is 16.4 Å². The van der Waals surface area contributed by atoms with Gasteiger partial charge in [0.25, 0.3) is 0 Å². The number of nitrogens with zero attached hydrogens (tertiary/aromatic N) is 2. The fourth-order valence-corrected chi connectivity index (χ4v) is 1.66. The number of hydrogen-bond acceptors (Lipinski definition) is 1. The van der Waals surface area contributed by atoms with E-state index in [1.165, 1.54) is 5.39 Å². The topological polar surface area (TPSA) is 17.3 Å². The van der Waals surface area contributed by atoms with Gasteiger partial charge in [-0.3, -0.25) is 0 Å². The van der Waals surface area contributed by atoms with E-state index in [-0.39, 0.29) is 0 Å². The molecule has 2 heteroatoms. The van der Waals surface area contributed by atoms with Gasteiger partial charge in [0.1, 0.15) is 0 Å². The average molecular weight is 198 g/mol. The number of para-hydroxylation sites is 1. The number of aromatic nitrogens is 2. The molecule has 2 aromatic heterocycles. The highest BCUT2D eigenvalue weighted by molar-refractivity contribution is 5.86. The van der Waals surface area contributed by atoms with Gasteiger partial charge < -0.3 is 0 Å². The third kappa shape index (κ3) is 1.59. The van der Waals surface area contributed by atoms with Crippen molar-refractivity contribution in [2.75, 3.05) is 0 Å². The molecule has 15 heavy (non-hydrogen) atoms. The van der Waals surface area contributed by atoms with Crippen LogP contribution in [-0.2, 0) is 0 Å². The van der Waals surface area contributed by atoms with Gasteiger partial charge in [-0.15, -0.1) is 0 Å². The molecule has 0 amide bonds. The second-order valence-corrected chi connectivity index (χ2v) is 3.06. The van der Waals surface area contributed by atoms with Crippen LogP contribution < -0.4 is 0 Å². The van der Waals surface area contributed by atoms with E-state index in [2.05, 4.69) is 29.4 Å². The molecule has 1 aromatic carbocycles. The van der Waals surface area contributed by atoms with Gasteiger partial charge in [0.2, 0.25) is 0 Å². The Morgan fingerprint density at radius 2 is 1.80 bits per heavy atom. The van der Waals surface area contributed by atoms with E-state index in [1.807, 2.05) is 36.6 Å². The number of hydrogen-bond donors (Lipinski definition) is 0. The minimum absolute atomic E-state index is 1.14. The molecule has 0 aliphatic rings. The fraction of sp³-hybridized carbons (Fsp3) is 0.154. The summed E-state index contributed by atoms with van der Waals surface area (Å²) in [7, 11) is 0. The lowest BCUT2D eigenvalue weighted by Gasteiger charge is -1.92. The van der Waals surface area contributed by atoms with Gasteiger partial charge in [0.15, 0.2) is 0 Å². The van der Waals surface area contributed by atoms with Crippen LogP contribution in [0, 0.1) is 0 Å². The Labute approximate surface area is 89.2 Å². The van der Waals surface area contributed by atoms with Crippen molar-refractivity contribution in [2.24, 2.45) is 0 Å². The summed E-state index contributed by atoms with van der Waals surface area (Å²) in [6, 6.07) is 14.4. The minimum atomic E-state index is 1.14. The van der Waals surface area contributed by atoms with Crippen molar-refractivity contribution in [2.45, 2.75) is 13.8 Å². The summed E-state index contributed by atoms with van der Waals surface area (Å²) in [6.45, 7) is 4.00. The fourth-order valence-electron chi connectivity index (χ4n) is 1.66. The van der Waals surface area contributed by atoms with Gasteiger partial charge >= 0.3 is 0 Å². The summed E-state index contributed by atoms with van der Waals surface area (Å²) in [5.41, 5.74) is 2.31. The van der Waals surface area contributed by atoms with Gasteiger partial charge in [0.05, 0.1) is 11.0 Å². The molecule has 0 fully saturated rings. The maximum absolute atomic E-state index is 4.29. The zero-order valence-electron chi connectivity index (χ0n) is 9.01. The zero-order valence-corrected chi connectivity index (χ0v) is 9.01. The van der Waals surface area contributed by atoms with E-state index in [0.29, 0.717) is 0 Å². The largest absolute Gasteiger partial charge is 0.233 e. The second kappa shape index (κ2) is 4.13. The molecule has 0 aliphatic heterocycles. The lowest BCUT2D eigenvalue weighted by molar-refractivity contribution is 0.975. The molecule has 3 rings (SSSR count). The van der Waals surface area contributed by atoms with Crippen LogP contribution in [-0.4, -0.2) is 9.61 Å². The average Bonchev–Trinajstić information content (AvgIpc) is 2.70. The Hall–Kier alpha value is -1.83. The van der Waals surface area contributed by atoms with Crippen LogP contribution in [0.1, 0.15) is 13.8 Å². The Balaban J connectivity index is 0.000000404. The van der Waals surface area contributed by atoms with Crippen molar-refractivity contribution in [3.8, 4) is 0 Å². The first-order chi connectivity index (χ1) is 7.45. The van der Waals surface area contributed by atoms with Crippen molar-refractivity contribution < 1.29 is 0 Å². The Morgan fingerprint density at radius 3 is 2.67 bits per heavy atom. The van der Waals surface area contributed by atoms with Crippen LogP contribution in [0.3, 0.4) is 0 Å². The Kier molecular flexibility index (Phi) is 2.68. The molecule has 0 atom stereocenters. The standard InChI is InChI=1S/C11H8N2.C2H6/c1-2-6-11-9(4-1)8-10-5-3-7-12-13(10)11;1-2/h1-8H;1-2H3. The summed E-state index contributed by atoms with van der Waals surface area (Å²) in [5.74, 6) is 0. The molecule has 0 aliphatic carbocycles. The molecule has 0 saturated heterocycles. The molecule has 0 N–H and O–H groups in total. The molecule has 0 saturated carbocycles. The van der Waals surface area contributed by atoms with E-state index in [9.17, 15) is 0 Å². The maximum atomic E-state index is 4.29. The van der Waals surface area contributed by atoms with Crippen LogP contribution in [0.15, 0.2) is 48.7 Å². The highest BCUT2D eigenvalue weighted by atomic mass is 15.2. The smallest absolute Gasteiger partial charge is 0.0725 e. The van der Waals surface area contributed by atoms with Crippen molar-refractivity contribution in [3.63, 3.8) is 0 Å². The predicted octanol–water partition coefficient (Wildman–Crippen LogP) is 3.51. The summed E-state index contributed by atoms with van der Waals surface area (Å²) in [5, 5.41) is 5.52. The lowest BCUT2D eigenvalue weighted by atomic mass is 10.2. The summed E-state index contributed by atoms with van der Waals surface area (Å²) in [4.78, 5) is 0. The predicted molar refractivity (Wildman–Crippen MR) is 64.0 cm³/mol. The number of rotatable bonds is 0. The highest BCUT2D eigenvalue weighted by Crippen LogP contribution is 2.17. The third-order valence-electron chi connectivity index (χ3n) is 2.25. The molecule has 0 bridgehead atoms. The van der Waals surface area contributed by atoms with E-state index in [1.54, 1.807) is 6.20 Å². The Bertz CT molecular complexity index is 516. The summed E-state index contributed by atoms with van der Waals surface area (Å²) >= 11 is 0. The van der Waals surface area contributed by atoms with E-state index in [4.69, 9.17) is 0 Å². The zero-order chi connectivity index (χ0) is 10.7. The van der Waals surface area contributed by atoms with Crippen molar-refractivity contribution in [1.29, 1.82) is 0 Å². The van der Waals surface area contributed by atoms with E-state index < -0.39 is 0 Å². The molecule has 3 aromatic rings. The number of fused-ring (bicyclic) bond motifs is 3. The van der Waals surface area contributed by atoms with Crippen LogP contribution in [0.5, 0.6) is 0 Å². The molecule has 76 valence electrons. The van der Waals surface area contributed by atoms with Crippen molar-refractivity contribution >= 4 is 16.4 Å². The van der Waals surface area contributed by atoms with Gasteiger partial charge in [-0.1, -0.05) is 32.0 Å². The maximum Gasteiger partial charge on any atom is 0.0725 e. The van der Waals surface area contributed by atoms with E-state index >= 15 is 0 Å². The molecular formula is C13H14N2. The lowest BCUT2D eigenvalue weighted by Crippen LogP contribution is -1.87. The normalized spacial score (nSPS) is 10.0. The molecular weight excluding hydrogens is 184 g/mol. The Morgan fingerprint density at radius 1 is 1.00 bits per heavy atom. The minimum Gasteiger partial charge on any atom is -0.233 e. The molecule has 2 heterocycles. The van der Waals surface area contributed by atoms with Crippen LogP contribution in [0.2, 0.25) is 0 Å². The van der Waals surface area contributed by atoms with Crippen LogP contribution >= 0.6 is 0 Å². The van der Waals surface area contributed by atoms with Crippen molar-refractivity contribution in [1.82, 2.24) is 9.61 Å². The molecule has 0 spiro atoms. The first-order valence-electron chi connectivity index (χ1n) is 5.27. The molecule has 0 radical (unpaired) electrons. The van der Waals surface area contributed by atoms with Crippen LogP contribution in [0.4, 0.5) is 0 Å². The second-order valence-electron chi connectivity index (χ2n) is 3.06. The molecule has 0 unspecified atom stereocenters. The highest BCUT2D eigenvalue weighted by Gasteiger charge is 1.99. The quantitative estimate of drug-likeness (QED) is 0.540. The van der Waals surface area contributed by atoms with Crippen molar-refractivity contribution in [3.05, 3.63) is 48.7 Å². The van der Waals surface area contributed by atoms with Gasteiger partial charge in [0, 0.05) is 11.6 Å². The van der Waals surface area contributed by atoms with Gasteiger partial charge in [-0.2, -0.15) is 5.10 Å². The summed E-state index contributed by atoms with van der Waals surface area (Å²) < 4.78 is 1.95. The third-order valence-corrected chi connectivity index (χ3v) is 2.25. The monoisotopic (exact) mass is 198 g/mol. The first-order valence-corrected chi connectivity index (χ1v) is 5.27. The summed E-state index contributed by atoms with van der Waals surface area (Å²) in [6.07, 6.45) is 1.80. The van der Waals surface area contributed by atoms with E-state index in [0.717, 1.165) is 11.0 Å².